The molecule has 0 radical (unpaired) electrons. The van der Waals surface area contributed by atoms with Crippen molar-refractivity contribution in [1.82, 2.24) is 4.72 Å². The smallest absolute Gasteiger partial charge is 0.208 e. The van der Waals surface area contributed by atoms with Gasteiger partial charge in [-0.3, -0.25) is 0 Å². The Labute approximate surface area is 114 Å². The lowest BCUT2D eigenvalue weighted by molar-refractivity contribution is 0.495. The summed E-state index contributed by atoms with van der Waals surface area (Å²) in [5.41, 5.74) is 0.359. The van der Waals surface area contributed by atoms with Crippen LogP contribution in [0.4, 0.5) is 0 Å². The third-order valence-corrected chi connectivity index (χ3v) is 4.92. The van der Waals surface area contributed by atoms with Crippen molar-refractivity contribution in [3.63, 3.8) is 0 Å². The van der Waals surface area contributed by atoms with E-state index in [0.717, 1.165) is 12.8 Å². The molecule has 0 heterocycles. The zero-order valence-corrected chi connectivity index (χ0v) is 11.8. The fourth-order valence-corrected chi connectivity index (χ4v) is 3.45. The Morgan fingerprint density at radius 1 is 1.47 bits per heavy atom. The summed E-state index contributed by atoms with van der Waals surface area (Å²) in [6.45, 7) is 1.99. The van der Waals surface area contributed by atoms with Crippen LogP contribution in [0.2, 0.25) is 0 Å². The lowest BCUT2D eigenvalue weighted by atomic mass is 10.1. The maximum Gasteiger partial charge on any atom is 0.240 e. The van der Waals surface area contributed by atoms with Crippen LogP contribution in [0, 0.1) is 17.2 Å². The molecule has 2 rings (SSSR count). The molecule has 4 nitrogen and oxygen atoms in total. The van der Waals surface area contributed by atoms with E-state index in [1.807, 2.05) is 13.0 Å². The molecule has 1 aliphatic carbocycles. The molecule has 102 valence electrons. The Balaban J connectivity index is 2.13. The molecule has 0 aliphatic heterocycles. The number of nitrogens with zero attached hydrogens (tertiary/aromatic N) is 1. The summed E-state index contributed by atoms with van der Waals surface area (Å²) in [6, 6.07) is 8.07. The van der Waals surface area contributed by atoms with Gasteiger partial charge in [-0.05, 0) is 37.0 Å². The summed E-state index contributed by atoms with van der Waals surface area (Å²) in [6.07, 6.45) is 4.12. The first-order valence-electron chi connectivity index (χ1n) is 6.57. The Morgan fingerprint density at radius 2 is 2.21 bits per heavy atom. The highest BCUT2D eigenvalue weighted by Gasteiger charge is 2.27. The van der Waals surface area contributed by atoms with Gasteiger partial charge in [0.25, 0.3) is 0 Å². The van der Waals surface area contributed by atoms with Gasteiger partial charge < -0.3 is 0 Å². The first-order chi connectivity index (χ1) is 9.05. The molecule has 1 fully saturated rings. The van der Waals surface area contributed by atoms with Crippen LogP contribution in [0.15, 0.2) is 29.2 Å². The zero-order chi connectivity index (χ0) is 13.9. The van der Waals surface area contributed by atoms with E-state index in [4.69, 9.17) is 5.26 Å². The van der Waals surface area contributed by atoms with Crippen molar-refractivity contribution in [3.8, 4) is 6.07 Å². The van der Waals surface area contributed by atoms with Crippen molar-refractivity contribution in [3.05, 3.63) is 29.8 Å². The summed E-state index contributed by atoms with van der Waals surface area (Å²) in [5.74, 6) is 0.679. The van der Waals surface area contributed by atoms with Crippen LogP contribution in [-0.4, -0.2) is 14.5 Å². The molecule has 0 spiro atoms. The molecule has 0 aromatic heterocycles. The number of hydrogen-bond acceptors (Lipinski definition) is 3. The fraction of sp³-hybridized carbons (Fsp3) is 0.500. The van der Waals surface area contributed by atoms with Gasteiger partial charge in [-0.15, -0.1) is 0 Å². The molecule has 19 heavy (non-hydrogen) atoms. The Hall–Kier alpha value is -1.38. The van der Waals surface area contributed by atoms with E-state index >= 15 is 0 Å². The van der Waals surface area contributed by atoms with Gasteiger partial charge in [-0.2, -0.15) is 5.26 Å². The SMILES string of the molecule is CCC(CC1CC1)NS(=O)(=O)c1cccc(C#N)c1. The highest BCUT2D eigenvalue weighted by molar-refractivity contribution is 7.89. The van der Waals surface area contributed by atoms with Gasteiger partial charge >= 0.3 is 0 Å². The maximum absolute atomic E-state index is 12.3. The second kappa shape index (κ2) is 5.72. The normalized spacial score (nSPS) is 16.8. The summed E-state index contributed by atoms with van der Waals surface area (Å²) in [7, 11) is -3.52. The van der Waals surface area contributed by atoms with Gasteiger partial charge in [0.05, 0.1) is 16.5 Å². The van der Waals surface area contributed by atoms with E-state index in [9.17, 15) is 8.42 Å². The zero-order valence-electron chi connectivity index (χ0n) is 11.0. The molecule has 1 aromatic carbocycles. The molecule has 0 saturated heterocycles. The average Bonchev–Trinajstić information content (AvgIpc) is 3.21. The number of nitriles is 1. The van der Waals surface area contributed by atoms with Crippen molar-refractivity contribution < 1.29 is 8.42 Å². The molecule has 0 bridgehead atoms. The van der Waals surface area contributed by atoms with Crippen molar-refractivity contribution in [2.45, 2.75) is 43.5 Å². The molecule has 5 heteroatoms. The van der Waals surface area contributed by atoms with E-state index in [0.29, 0.717) is 11.5 Å². The van der Waals surface area contributed by atoms with Gasteiger partial charge in [-0.1, -0.05) is 25.8 Å². The van der Waals surface area contributed by atoms with Crippen molar-refractivity contribution in [2.24, 2.45) is 5.92 Å². The molecule has 1 N–H and O–H groups in total. The van der Waals surface area contributed by atoms with E-state index in [1.165, 1.54) is 25.0 Å². The molecule has 1 unspecified atom stereocenters. The highest BCUT2D eigenvalue weighted by atomic mass is 32.2. The van der Waals surface area contributed by atoms with Crippen LogP contribution in [0.1, 0.15) is 38.2 Å². The lowest BCUT2D eigenvalue weighted by Gasteiger charge is -2.16. The Morgan fingerprint density at radius 3 is 2.79 bits per heavy atom. The van der Waals surface area contributed by atoms with Crippen molar-refractivity contribution >= 4 is 10.0 Å². The van der Waals surface area contributed by atoms with E-state index in [-0.39, 0.29) is 10.9 Å². The van der Waals surface area contributed by atoms with Crippen LogP contribution in [0.25, 0.3) is 0 Å². The van der Waals surface area contributed by atoms with Crippen LogP contribution in [0.5, 0.6) is 0 Å². The van der Waals surface area contributed by atoms with Gasteiger partial charge in [0, 0.05) is 6.04 Å². The number of benzene rings is 1. The van der Waals surface area contributed by atoms with Crippen LogP contribution >= 0.6 is 0 Å². The topological polar surface area (TPSA) is 70.0 Å². The van der Waals surface area contributed by atoms with Crippen molar-refractivity contribution in [1.29, 1.82) is 5.26 Å². The Bertz CT molecular complexity index is 586. The first kappa shape index (κ1) is 14.0. The third kappa shape index (κ3) is 3.79. The lowest BCUT2D eigenvalue weighted by Crippen LogP contribution is -2.34. The number of rotatable bonds is 6. The standard InChI is InChI=1S/C14H18N2O2S/c1-2-13(8-11-6-7-11)16-19(17,18)14-5-3-4-12(9-14)10-15/h3-5,9,11,13,16H,2,6-8H2,1H3. The molecule has 1 aromatic rings. The highest BCUT2D eigenvalue weighted by Crippen LogP contribution is 2.34. The summed E-state index contributed by atoms with van der Waals surface area (Å²) in [4.78, 5) is 0.167. The van der Waals surface area contributed by atoms with Crippen LogP contribution in [-0.2, 0) is 10.0 Å². The largest absolute Gasteiger partial charge is 0.240 e. The number of hydrogen-bond donors (Lipinski definition) is 1. The average molecular weight is 278 g/mol. The van der Waals surface area contributed by atoms with Crippen molar-refractivity contribution in [2.75, 3.05) is 0 Å². The van der Waals surface area contributed by atoms with Crippen LogP contribution in [0.3, 0.4) is 0 Å². The summed E-state index contributed by atoms with van der Waals surface area (Å²) >= 11 is 0. The second-order valence-corrected chi connectivity index (χ2v) is 6.76. The monoisotopic (exact) mass is 278 g/mol. The number of sulfonamides is 1. The molecule has 0 amide bonds. The summed E-state index contributed by atoms with van der Waals surface area (Å²) < 4.78 is 27.2. The van der Waals surface area contributed by atoms with E-state index in [2.05, 4.69) is 4.72 Å². The van der Waals surface area contributed by atoms with Gasteiger partial charge in [0.15, 0.2) is 0 Å². The van der Waals surface area contributed by atoms with Gasteiger partial charge in [0.2, 0.25) is 10.0 Å². The van der Waals surface area contributed by atoms with Crippen LogP contribution < -0.4 is 4.72 Å². The third-order valence-electron chi connectivity index (χ3n) is 3.40. The molecule has 1 saturated carbocycles. The van der Waals surface area contributed by atoms with E-state index in [1.54, 1.807) is 12.1 Å². The Kier molecular flexibility index (Phi) is 4.23. The minimum Gasteiger partial charge on any atom is -0.208 e. The minimum absolute atomic E-state index is 0.0109. The fourth-order valence-electron chi connectivity index (χ4n) is 2.07. The number of nitrogens with one attached hydrogen (secondary N) is 1. The van der Waals surface area contributed by atoms with Gasteiger partial charge in [-0.25, -0.2) is 13.1 Å². The molecule has 1 aliphatic rings. The predicted molar refractivity (Wildman–Crippen MR) is 72.9 cm³/mol. The maximum atomic E-state index is 12.3. The summed E-state index contributed by atoms with van der Waals surface area (Å²) in [5, 5.41) is 8.82. The first-order valence-corrected chi connectivity index (χ1v) is 8.06. The molecular weight excluding hydrogens is 260 g/mol. The quantitative estimate of drug-likeness (QED) is 0.868. The van der Waals surface area contributed by atoms with Gasteiger partial charge in [0.1, 0.15) is 0 Å². The van der Waals surface area contributed by atoms with E-state index < -0.39 is 10.0 Å². The molecule has 1 atom stereocenters. The predicted octanol–water partition coefficient (Wildman–Crippen LogP) is 2.42. The minimum atomic E-state index is -3.52. The second-order valence-electron chi connectivity index (χ2n) is 5.05. The molecular formula is C14H18N2O2S.